The van der Waals surface area contributed by atoms with E-state index in [4.69, 9.17) is 4.42 Å². The van der Waals surface area contributed by atoms with Gasteiger partial charge in [0.2, 0.25) is 5.43 Å². The van der Waals surface area contributed by atoms with Crippen molar-refractivity contribution in [2.75, 3.05) is 0 Å². The van der Waals surface area contributed by atoms with Crippen molar-refractivity contribution in [3.8, 4) is 0 Å². The summed E-state index contributed by atoms with van der Waals surface area (Å²) in [6.45, 7) is 0. The predicted molar refractivity (Wildman–Crippen MR) is 79.3 cm³/mol. The number of hydrogen-bond acceptors (Lipinski definition) is 4. The number of hydrogen-bond donors (Lipinski definition) is 0. The highest BCUT2D eigenvalue weighted by Gasteiger charge is 2.16. The lowest BCUT2D eigenvalue weighted by Crippen LogP contribution is -2.04. The Morgan fingerprint density at radius 2 is 1.95 bits per heavy atom. The van der Waals surface area contributed by atoms with Gasteiger partial charge in [0.25, 0.3) is 5.69 Å². The zero-order valence-electron chi connectivity index (χ0n) is 10.1. The van der Waals surface area contributed by atoms with Crippen LogP contribution in [0.5, 0.6) is 0 Å². The molecule has 0 amide bonds. The Labute approximate surface area is 121 Å². The predicted octanol–water partition coefficient (Wildman–Crippen LogP) is 3.75. The molecule has 20 heavy (non-hydrogen) atoms. The Kier molecular flexibility index (Phi) is 3.02. The molecule has 5 nitrogen and oxygen atoms in total. The zero-order valence-corrected chi connectivity index (χ0v) is 11.7. The number of nitrogens with zero attached hydrogens (tertiary/aromatic N) is 1. The molecular weight excluding hydrogens is 326 g/mol. The molecule has 0 aliphatic heterocycles. The minimum atomic E-state index is -0.514. The quantitative estimate of drug-likeness (QED) is 0.310. The van der Waals surface area contributed by atoms with Gasteiger partial charge in [-0.15, -0.1) is 0 Å². The van der Waals surface area contributed by atoms with E-state index in [9.17, 15) is 14.9 Å². The fraction of sp³-hybridized carbons (Fsp3) is 0.0714. The number of nitro benzene ring substituents is 1. The molecule has 0 aliphatic carbocycles. The number of halogens is 1. The molecule has 0 spiro atoms. The van der Waals surface area contributed by atoms with Crippen LogP contribution in [-0.2, 0) is 5.33 Å². The average Bonchev–Trinajstić information content (AvgIpc) is 2.46. The Morgan fingerprint density at radius 3 is 2.65 bits per heavy atom. The van der Waals surface area contributed by atoms with Crippen LogP contribution >= 0.6 is 15.9 Å². The second-order valence-corrected chi connectivity index (χ2v) is 4.86. The number of non-ortho nitro benzene ring substituents is 1. The SMILES string of the molecule is O=c1c2ccccc2oc2c(CBr)cc([N+](=O)[O-])cc12. The van der Waals surface area contributed by atoms with E-state index in [1.165, 1.54) is 12.1 Å². The first-order valence-electron chi connectivity index (χ1n) is 5.80. The molecule has 0 bridgehead atoms. The van der Waals surface area contributed by atoms with Crippen molar-refractivity contribution in [2.24, 2.45) is 0 Å². The van der Waals surface area contributed by atoms with Gasteiger partial charge in [0.15, 0.2) is 0 Å². The van der Waals surface area contributed by atoms with Crippen LogP contribution in [0.15, 0.2) is 45.6 Å². The molecular formula is C14H8BrNO4. The highest BCUT2D eigenvalue weighted by Crippen LogP contribution is 2.27. The van der Waals surface area contributed by atoms with Crippen molar-refractivity contribution in [1.29, 1.82) is 0 Å². The first-order chi connectivity index (χ1) is 9.61. The second-order valence-electron chi connectivity index (χ2n) is 4.30. The number of nitro groups is 1. The molecule has 3 aromatic rings. The van der Waals surface area contributed by atoms with Gasteiger partial charge >= 0.3 is 0 Å². The standard InChI is InChI=1S/C14H8BrNO4/c15-7-8-5-9(16(18)19)6-11-13(17)10-3-1-2-4-12(10)20-14(8)11/h1-6H,7H2. The van der Waals surface area contributed by atoms with Gasteiger partial charge < -0.3 is 4.42 Å². The van der Waals surface area contributed by atoms with E-state index in [0.29, 0.717) is 27.4 Å². The van der Waals surface area contributed by atoms with Crippen LogP contribution in [-0.4, -0.2) is 4.92 Å². The van der Waals surface area contributed by atoms with Gasteiger partial charge in [-0.3, -0.25) is 14.9 Å². The highest BCUT2D eigenvalue weighted by molar-refractivity contribution is 9.08. The fourth-order valence-corrected chi connectivity index (χ4v) is 2.58. The minimum Gasteiger partial charge on any atom is -0.455 e. The van der Waals surface area contributed by atoms with Gasteiger partial charge in [-0.1, -0.05) is 28.1 Å². The fourth-order valence-electron chi connectivity index (χ4n) is 2.16. The smallest absolute Gasteiger partial charge is 0.270 e. The van der Waals surface area contributed by atoms with Gasteiger partial charge in [0, 0.05) is 23.0 Å². The Morgan fingerprint density at radius 1 is 1.20 bits per heavy atom. The molecule has 0 atom stereocenters. The molecule has 6 heteroatoms. The van der Waals surface area contributed by atoms with Crippen LogP contribution in [0.1, 0.15) is 5.56 Å². The first kappa shape index (κ1) is 12.8. The first-order valence-corrected chi connectivity index (χ1v) is 6.93. The van der Waals surface area contributed by atoms with Crippen LogP contribution in [0.3, 0.4) is 0 Å². The third-order valence-electron chi connectivity index (χ3n) is 3.09. The third-order valence-corrected chi connectivity index (χ3v) is 3.70. The van der Waals surface area contributed by atoms with Crippen molar-refractivity contribution >= 4 is 43.6 Å². The maximum Gasteiger partial charge on any atom is 0.270 e. The van der Waals surface area contributed by atoms with Gasteiger partial charge in [-0.05, 0) is 12.1 Å². The molecule has 0 fully saturated rings. The number of para-hydroxylation sites is 1. The molecule has 0 unspecified atom stereocenters. The number of rotatable bonds is 2. The lowest BCUT2D eigenvalue weighted by Gasteiger charge is -2.05. The van der Waals surface area contributed by atoms with E-state index in [-0.39, 0.29) is 16.5 Å². The summed E-state index contributed by atoms with van der Waals surface area (Å²) in [5, 5.41) is 12.0. The number of fused-ring (bicyclic) bond motifs is 2. The molecule has 0 saturated carbocycles. The topological polar surface area (TPSA) is 73.3 Å². The molecule has 0 radical (unpaired) electrons. The molecule has 3 rings (SSSR count). The van der Waals surface area contributed by atoms with Crippen molar-refractivity contribution < 1.29 is 9.34 Å². The monoisotopic (exact) mass is 333 g/mol. The summed E-state index contributed by atoms with van der Waals surface area (Å²) in [6, 6.07) is 9.53. The van der Waals surface area contributed by atoms with Crippen LogP contribution in [0.4, 0.5) is 5.69 Å². The molecule has 1 aromatic heterocycles. The summed E-state index contributed by atoms with van der Waals surface area (Å²) in [7, 11) is 0. The van der Waals surface area contributed by atoms with Crippen molar-refractivity contribution in [3.05, 3.63) is 62.3 Å². The lowest BCUT2D eigenvalue weighted by atomic mass is 10.1. The van der Waals surface area contributed by atoms with Crippen molar-refractivity contribution in [2.45, 2.75) is 5.33 Å². The minimum absolute atomic E-state index is 0.116. The summed E-state index contributed by atoms with van der Waals surface area (Å²) < 4.78 is 5.73. The van der Waals surface area contributed by atoms with E-state index in [0.717, 1.165) is 0 Å². The van der Waals surface area contributed by atoms with E-state index in [1.54, 1.807) is 24.3 Å². The lowest BCUT2D eigenvalue weighted by molar-refractivity contribution is -0.384. The van der Waals surface area contributed by atoms with E-state index in [1.807, 2.05) is 0 Å². The van der Waals surface area contributed by atoms with Crippen molar-refractivity contribution in [3.63, 3.8) is 0 Å². The summed E-state index contributed by atoms with van der Waals surface area (Å²) >= 11 is 3.27. The second kappa shape index (κ2) is 4.72. The van der Waals surface area contributed by atoms with Crippen LogP contribution < -0.4 is 5.43 Å². The molecule has 100 valence electrons. The highest BCUT2D eigenvalue weighted by atomic mass is 79.9. The Hall–Kier alpha value is -2.21. The van der Waals surface area contributed by atoms with E-state index < -0.39 is 4.92 Å². The molecule has 0 saturated heterocycles. The van der Waals surface area contributed by atoms with Gasteiger partial charge in [-0.25, -0.2) is 0 Å². The maximum absolute atomic E-state index is 12.4. The summed E-state index contributed by atoms with van der Waals surface area (Å²) in [6.07, 6.45) is 0. The van der Waals surface area contributed by atoms with Crippen LogP contribution in [0.25, 0.3) is 21.9 Å². The molecule has 1 heterocycles. The Balaban J connectivity index is 2.54. The zero-order chi connectivity index (χ0) is 14.3. The van der Waals surface area contributed by atoms with Gasteiger partial charge in [-0.2, -0.15) is 0 Å². The largest absolute Gasteiger partial charge is 0.455 e. The van der Waals surface area contributed by atoms with E-state index in [2.05, 4.69) is 15.9 Å². The van der Waals surface area contributed by atoms with Gasteiger partial charge in [0.1, 0.15) is 11.2 Å². The Bertz CT molecular complexity index is 901. The number of benzene rings is 2. The third kappa shape index (κ3) is 1.89. The molecule has 0 aliphatic rings. The van der Waals surface area contributed by atoms with Gasteiger partial charge in [0.05, 0.1) is 15.7 Å². The summed E-state index contributed by atoms with van der Waals surface area (Å²) in [5.41, 5.74) is 1.07. The van der Waals surface area contributed by atoms with Crippen molar-refractivity contribution in [1.82, 2.24) is 0 Å². The summed E-state index contributed by atoms with van der Waals surface area (Å²) in [5.74, 6) is 0. The number of alkyl halides is 1. The molecule has 2 aromatic carbocycles. The van der Waals surface area contributed by atoms with Crippen LogP contribution in [0.2, 0.25) is 0 Å². The van der Waals surface area contributed by atoms with Crippen LogP contribution in [0, 0.1) is 10.1 Å². The maximum atomic E-state index is 12.4. The summed E-state index contributed by atoms with van der Waals surface area (Å²) in [4.78, 5) is 22.9. The average molecular weight is 334 g/mol. The molecule has 0 N–H and O–H groups in total. The normalized spacial score (nSPS) is 11.1. The van der Waals surface area contributed by atoms with E-state index >= 15 is 0 Å².